The fourth-order valence-electron chi connectivity index (χ4n) is 1.77. The van der Waals surface area contributed by atoms with E-state index in [0.717, 1.165) is 39.4 Å². The minimum absolute atomic E-state index is 0.649. The first kappa shape index (κ1) is 15.9. The van der Waals surface area contributed by atoms with Gasteiger partial charge in [-0.05, 0) is 26.8 Å². The number of ether oxygens (including phenoxy) is 1. The molecule has 98 valence electrons. The van der Waals surface area contributed by atoms with Crippen LogP contribution in [0.1, 0.15) is 40.5 Å². The van der Waals surface area contributed by atoms with Gasteiger partial charge in [0.05, 0.1) is 6.61 Å². The van der Waals surface area contributed by atoms with Gasteiger partial charge in [-0.3, -0.25) is 0 Å². The Morgan fingerprint density at radius 1 is 1.19 bits per heavy atom. The third-order valence-electron chi connectivity index (χ3n) is 2.85. The molecule has 0 spiro atoms. The molecule has 0 bridgehead atoms. The Morgan fingerprint density at radius 3 is 2.50 bits per heavy atom. The minimum Gasteiger partial charge on any atom is -0.380 e. The van der Waals surface area contributed by atoms with Gasteiger partial charge in [0.25, 0.3) is 0 Å². The maximum atomic E-state index is 5.37. The summed E-state index contributed by atoms with van der Waals surface area (Å²) in [5, 5.41) is 3.56. The summed E-state index contributed by atoms with van der Waals surface area (Å²) in [5.41, 5.74) is 0. The van der Waals surface area contributed by atoms with Crippen LogP contribution < -0.4 is 5.32 Å². The molecule has 3 heteroatoms. The van der Waals surface area contributed by atoms with Crippen molar-refractivity contribution in [1.82, 2.24) is 10.2 Å². The van der Waals surface area contributed by atoms with E-state index in [1.54, 1.807) is 0 Å². The van der Waals surface area contributed by atoms with Crippen LogP contribution in [-0.4, -0.2) is 50.3 Å². The summed E-state index contributed by atoms with van der Waals surface area (Å²) in [7, 11) is 0. The predicted molar refractivity (Wildman–Crippen MR) is 71.0 cm³/mol. The zero-order valence-electron chi connectivity index (χ0n) is 11.6. The van der Waals surface area contributed by atoms with Crippen molar-refractivity contribution in [3.63, 3.8) is 0 Å². The van der Waals surface area contributed by atoms with Crippen molar-refractivity contribution in [2.75, 3.05) is 39.4 Å². The molecule has 0 saturated heterocycles. The van der Waals surface area contributed by atoms with Crippen molar-refractivity contribution in [3.8, 4) is 0 Å². The Kier molecular flexibility index (Phi) is 11.3. The van der Waals surface area contributed by atoms with Gasteiger partial charge in [-0.1, -0.05) is 20.3 Å². The van der Waals surface area contributed by atoms with Crippen LogP contribution in [0.5, 0.6) is 0 Å². The Balaban J connectivity index is 3.46. The third kappa shape index (κ3) is 9.13. The van der Waals surface area contributed by atoms with Crippen molar-refractivity contribution in [1.29, 1.82) is 0 Å². The van der Waals surface area contributed by atoms with Gasteiger partial charge in [-0.2, -0.15) is 0 Å². The molecule has 0 radical (unpaired) electrons. The number of hydrogen-bond acceptors (Lipinski definition) is 3. The summed E-state index contributed by atoms with van der Waals surface area (Å²) in [6, 6.07) is 0.649. The lowest BCUT2D eigenvalue weighted by atomic mass is 10.2. The molecule has 0 saturated carbocycles. The van der Waals surface area contributed by atoms with Gasteiger partial charge in [-0.15, -0.1) is 0 Å². The van der Waals surface area contributed by atoms with Crippen molar-refractivity contribution >= 4 is 0 Å². The van der Waals surface area contributed by atoms with Crippen LogP contribution in [0.15, 0.2) is 0 Å². The fraction of sp³-hybridized carbons (Fsp3) is 1.00. The summed E-state index contributed by atoms with van der Waals surface area (Å²) in [4.78, 5) is 2.43. The van der Waals surface area contributed by atoms with Crippen molar-refractivity contribution in [2.45, 2.75) is 46.6 Å². The van der Waals surface area contributed by atoms with E-state index >= 15 is 0 Å². The highest BCUT2D eigenvalue weighted by molar-refractivity contribution is 4.62. The number of nitrogens with one attached hydrogen (secondary N) is 1. The van der Waals surface area contributed by atoms with Gasteiger partial charge >= 0.3 is 0 Å². The number of rotatable bonds is 11. The summed E-state index contributed by atoms with van der Waals surface area (Å²) in [6.45, 7) is 14.8. The summed E-state index contributed by atoms with van der Waals surface area (Å²) >= 11 is 0. The van der Waals surface area contributed by atoms with Gasteiger partial charge in [0.15, 0.2) is 0 Å². The van der Waals surface area contributed by atoms with E-state index in [9.17, 15) is 0 Å². The Hall–Kier alpha value is -0.120. The molecule has 0 aliphatic rings. The molecule has 1 unspecified atom stereocenters. The molecule has 0 aromatic rings. The van der Waals surface area contributed by atoms with Crippen LogP contribution in [0.4, 0.5) is 0 Å². The lowest BCUT2D eigenvalue weighted by Gasteiger charge is -2.21. The first-order chi connectivity index (χ1) is 7.74. The first-order valence-electron chi connectivity index (χ1n) is 6.78. The topological polar surface area (TPSA) is 24.5 Å². The molecule has 0 aromatic heterocycles. The van der Waals surface area contributed by atoms with E-state index in [1.165, 1.54) is 12.8 Å². The SMILES string of the molecule is CCCC(C)NCCN(CC)CCOCC. The second-order valence-electron chi connectivity index (χ2n) is 4.28. The molecular formula is C13H30N2O. The largest absolute Gasteiger partial charge is 0.380 e. The van der Waals surface area contributed by atoms with E-state index < -0.39 is 0 Å². The quantitative estimate of drug-likeness (QED) is 0.550. The average molecular weight is 230 g/mol. The van der Waals surface area contributed by atoms with Gasteiger partial charge in [-0.25, -0.2) is 0 Å². The zero-order valence-corrected chi connectivity index (χ0v) is 11.6. The van der Waals surface area contributed by atoms with Crippen molar-refractivity contribution < 1.29 is 4.74 Å². The van der Waals surface area contributed by atoms with Crippen LogP contribution in [0.2, 0.25) is 0 Å². The monoisotopic (exact) mass is 230 g/mol. The molecule has 0 aliphatic heterocycles. The summed E-state index contributed by atoms with van der Waals surface area (Å²) in [6.07, 6.45) is 2.53. The standard InChI is InChI=1S/C13H30N2O/c1-5-8-13(4)14-9-10-15(6-2)11-12-16-7-3/h13-14H,5-12H2,1-4H3. The van der Waals surface area contributed by atoms with Crippen LogP contribution >= 0.6 is 0 Å². The van der Waals surface area contributed by atoms with Gasteiger partial charge in [0.2, 0.25) is 0 Å². The Morgan fingerprint density at radius 2 is 1.94 bits per heavy atom. The fourth-order valence-corrected chi connectivity index (χ4v) is 1.77. The number of nitrogens with zero attached hydrogens (tertiary/aromatic N) is 1. The van der Waals surface area contributed by atoms with E-state index in [2.05, 4.69) is 31.0 Å². The van der Waals surface area contributed by atoms with Crippen LogP contribution in [-0.2, 0) is 4.74 Å². The molecule has 0 heterocycles. The van der Waals surface area contributed by atoms with Crippen molar-refractivity contribution in [2.24, 2.45) is 0 Å². The smallest absolute Gasteiger partial charge is 0.0593 e. The molecule has 1 atom stereocenters. The number of likely N-dealkylation sites (N-methyl/N-ethyl adjacent to an activating group) is 1. The summed E-state index contributed by atoms with van der Waals surface area (Å²) in [5.74, 6) is 0. The maximum Gasteiger partial charge on any atom is 0.0593 e. The Bertz CT molecular complexity index is 142. The highest BCUT2D eigenvalue weighted by Crippen LogP contribution is 1.94. The van der Waals surface area contributed by atoms with E-state index in [0.29, 0.717) is 6.04 Å². The van der Waals surface area contributed by atoms with Crippen LogP contribution in [0, 0.1) is 0 Å². The maximum absolute atomic E-state index is 5.37. The first-order valence-corrected chi connectivity index (χ1v) is 6.78. The molecule has 0 aromatic carbocycles. The number of hydrogen-bond donors (Lipinski definition) is 1. The van der Waals surface area contributed by atoms with Gasteiger partial charge < -0.3 is 15.0 Å². The lowest BCUT2D eigenvalue weighted by molar-refractivity contribution is 0.115. The highest BCUT2D eigenvalue weighted by Gasteiger charge is 2.03. The summed E-state index contributed by atoms with van der Waals surface area (Å²) < 4.78 is 5.37. The van der Waals surface area contributed by atoms with E-state index in [1.807, 2.05) is 6.92 Å². The van der Waals surface area contributed by atoms with E-state index in [4.69, 9.17) is 4.74 Å². The predicted octanol–water partition coefficient (Wildman–Crippen LogP) is 2.12. The molecule has 1 N–H and O–H groups in total. The van der Waals surface area contributed by atoms with Gasteiger partial charge in [0, 0.05) is 32.3 Å². The minimum atomic E-state index is 0.649. The zero-order chi connectivity index (χ0) is 12.2. The van der Waals surface area contributed by atoms with Crippen molar-refractivity contribution in [3.05, 3.63) is 0 Å². The third-order valence-corrected chi connectivity index (χ3v) is 2.85. The molecule has 0 aliphatic carbocycles. The van der Waals surface area contributed by atoms with Crippen LogP contribution in [0.3, 0.4) is 0 Å². The van der Waals surface area contributed by atoms with Crippen LogP contribution in [0.25, 0.3) is 0 Å². The molecule has 16 heavy (non-hydrogen) atoms. The second-order valence-corrected chi connectivity index (χ2v) is 4.28. The Labute approximate surface area is 102 Å². The second kappa shape index (κ2) is 11.4. The molecule has 0 rings (SSSR count). The molecular weight excluding hydrogens is 200 g/mol. The lowest BCUT2D eigenvalue weighted by Crippen LogP contribution is -2.37. The molecule has 3 nitrogen and oxygen atoms in total. The highest BCUT2D eigenvalue weighted by atomic mass is 16.5. The van der Waals surface area contributed by atoms with Gasteiger partial charge in [0.1, 0.15) is 0 Å². The van der Waals surface area contributed by atoms with E-state index in [-0.39, 0.29) is 0 Å². The molecule has 0 amide bonds. The average Bonchev–Trinajstić information content (AvgIpc) is 2.27. The normalized spacial score (nSPS) is 13.3. The molecule has 0 fully saturated rings.